The average molecular weight is 568 g/mol. The lowest BCUT2D eigenvalue weighted by Crippen LogP contribution is -2.60. The van der Waals surface area contributed by atoms with Gasteiger partial charge in [-0.2, -0.15) is 39.2 Å². The second kappa shape index (κ2) is 11.1. The third-order valence-electron chi connectivity index (χ3n) is 5.53. The van der Waals surface area contributed by atoms with Crippen LogP contribution in [0.15, 0.2) is 24.3 Å². The Kier molecular flexibility index (Phi) is 9.24. The fourth-order valence-corrected chi connectivity index (χ4v) is 3.87. The zero-order chi connectivity index (χ0) is 28.3. The highest BCUT2D eigenvalue weighted by molar-refractivity contribution is 7.87. The van der Waals surface area contributed by atoms with Crippen LogP contribution in [0.1, 0.15) is 44.1 Å². The van der Waals surface area contributed by atoms with Crippen molar-refractivity contribution in [1.29, 1.82) is 0 Å². The highest BCUT2D eigenvalue weighted by atomic mass is 32.2. The first-order valence-corrected chi connectivity index (χ1v) is 12.2. The monoisotopic (exact) mass is 568 g/mol. The first kappa shape index (κ1) is 30.8. The van der Waals surface area contributed by atoms with E-state index < -0.39 is 69.9 Å². The molecule has 1 atom stereocenters. The zero-order valence-corrected chi connectivity index (χ0v) is 20.0. The number of benzene rings is 1. The van der Waals surface area contributed by atoms with E-state index in [1.54, 1.807) is 6.92 Å². The second-order valence-electron chi connectivity index (χ2n) is 8.37. The van der Waals surface area contributed by atoms with Gasteiger partial charge >= 0.3 is 45.2 Å². The quantitative estimate of drug-likeness (QED) is 0.141. The first-order chi connectivity index (χ1) is 16.8. The molecule has 0 amide bonds. The Hall–Kier alpha value is -2.46. The molecule has 1 aliphatic rings. The number of carbonyl (C=O) groups excluding carboxylic acids is 2. The van der Waals surface area contributed by atoms with E-state index in [1.807, 2.05) is 0 Å². The van der Waals surface area contributed by atoms with Crippen LogP contribution in [0, 0.1) is 12.8 Å². The minimum Gasteiger partial charge on any atom is -0.421 e. The minimum absolute atomic E-state index is 0.0957. The number of ether oxygens (including phenoxy) is 3. The van der Waals surface area contributed by atoms with E-state index in [-0.39, 0.29) is 12.8 Å². The Morgan fingerprint density at radius 3 is 2.00 bits per heavy atom. The van der Waals surface area contributed by atoms with Gasteiger partial charge in [0.1, 0.15) is 5.75 Å². The molecule has 1 aliphatic carbocycles. The van der Waals surface area contributed by atoms with Crippen molar-refractivity contribution in [3.05, 3.63) is 29.8 Å². The Morgan fingerprint density at radius 1 is 0.973 bits per heavy atom. The summed E-state index contributed by atoms with van der Waals surface area (Å²) in [5.74, 6) is -15.9. The highest BCUT2D eigenvalue weighted by Gasteiger charge is 2.69. The van der Waals surface area contributed by atoms with Crippen LogP contribution in [-0.2, 0) is 29.2 Å². The maximum Gasteiger partial charge on any atom is 0.468 e. The summed E-state index contributed by atoms with van der Waals surface area (Å²) in [7, 11) is -6.69. The molecule has 2 rings (SSSR count). The molecular formula is C21H23F7O8S. The van der Waals surface area contributed by atoms with E-state index in [0.717, 1.165) is 12.1 Å². The van der Waals surface area contributed by atoms with Crippen LogP contribution in [0.4, 0.5) is 30.7 Å². The van der Waals surface area contributed by atoms with Crippen LogP contribution < -0.4 is 4.74 Å². The van der Waals surface area contributed by atoms with Crippen molar-refractivity contribution in [3.63, 3.8) is 0 Å². The van der Waals surface area contributed by atoms with Crippen molar-refractivity contribution >= 4 is 22.1 Å². The van der Waals surface area contributed by atoms with E-state index >= 15 is 0 Å². The van der Waals surface area contributed by atoms with Gasteiger partial charge in [0.25, 0.3) is 0 Å². The van der Waals surface area contributed by atoms with Gasteiger partial charge in [0.15, 0.2) is 0 Å². The largest absolute Gasteiger partial charge is 0.468 e. The van der Waals surface area contributed by atoms with Gasteiger partial charge in [-0.3, -0.25) is 9.35 Å². The van der Waals surface area contributed by atoms with Gasteiger partial charge in [0, 0.05) is 6.42 Å². The van der Waals surface area contributed by atoms with Crippen molar-refractivity contribution < 1.29 is 67.5 Å². The van der Waals surface area contributed by atoms with Crippen LogP contribution in [-0.4, -0.2) is 54.7 Å². The van der Waals surface area contributed by atoms with Crippen LogP contribution >= 0.6 is 0 Å². The summed E-state index contributed by atoms with van der Waals surface area (Å²) in [6, 6.07) is 4.81. The lowest BCUT2D eigenvalue weighted by Gasteiger charge is -2.34. The Bertz CT molecular complexity index is 1070. The maximum absolute atomic E-state index is 14.2. The topological polar surface area (TPSA) is 116 Å². The predicted octanol–water partition coefficient (Wildman–Crippen LogP) is 4.81. The Balaban J connectivity index is 2.40. The third-order valence-corrected chi connectivity index (χ3v) is 6.47. The zero-order valence-electron chi connectivity index (χ0n) is 19.2. The molecule has 210 valence electrons. The standard InChI is InChI=1S/C21H23F7O8S/c1-13-7-9-15(10-8-13)35-17(30)19(20(24,25)26,36-16(29)14-5-3-2-4-6-14)34-12-11-18(22,23)21(27,28)37(31,32)33/h7-10,14H,2-6,11-12H2,1H3,(H,31,32,33). The second-order valence-corrected chi connectivity index (χ2v) is 9.83. The molecule has 16 heteroatoms. The van der Waals surface area contributed by atoms with E-state index in [1.165, 1.54) is 12.1 Å². The number of rotatable bonds is 10. The lowest BCUT2D eigenvalue weighted by atomic mass is 9.89. The molecule has 0 aromatic heterocycles. The van der Waals surface area contributed by atoms with Crippen molar-refractivity contribution in [2.75, 3.05) is 6.61 Å². The fraction of sp³-hybridized carbons (Fsp3) is 0.619. The number of aryl methyl sites for hydroxylation is 1. The van der Waals surface area contributed by atoms with Crippen LogP contribution in [0.3, 0.4) is 0 Å². The Labute approximate surface area is 206 Å². The van der Waals surface area contributed by atoms with Crippen molar-refractivity contribution in [2.24, 2.45) is 5.92 Å². The maximum atomic E-state index is 14.2. The molecule has 0 spiro atoms. The van der Waals surface area contributed by atoms with Crippen molar-refractivity contribution in [2.45, 2.75) is 68.6 Å². The molecule has 1 saturated carbocycles. The third kappa shape index (κ3) is 6.90. The van der Waals surface area contributed by atoms with Gasteiger partial charge in [-0.1, -0.05) is 37.0 Å². The molecule has 37 heavy (non-hydrogen) atoms. The number of carbonyl (C=O) groups is 2. The van der Waals surface area contributed by atoms with E-state index in [4.69, 9.17) is 4.55 Å². The molecule has 0 bridgehead atoms. The normalized spacial score (nSPS) is 17.6. The number of alkyl halides is 7. The Morgan fingerprint density at radius 2 is 1.51 bits per heavy atom. The minimum atomic E-state index is -6.69. The highest BCUT2D eigenvalue weighted by Crippen LogP contribution is 2.43. The fourth-order valence-electron chi connectivity index (χ4n) is 3.39. The van der Waals surface area contributed by atoms with Gasteiger partial charge in [-0.15, -0.1) is 0 Å². The molecule has 0 aliphatic heterocycles. The molecule has 1 aromatic rings. The predicted molar refractivity (Wildman–Crippen MR) is 110 cm³/mol. The first-order valence-electron chi connectivity index (χ1n) is 10.8. The van der Waals surface area contributed by atoms with Gasteiger partial charge < -0.3 is 14.2 Å². The van der Waals surface area contributed by atoms with E-state index in [2.05, 4.69) is 14.2 Å². The van der Waals surface area contributed by atoms with Crippen LogP contribution in [0.2, 0.25) is 0 Å². The summed E-state index contributed by atoms with van der Waals surface area (Å²) in [4.78, 5) is 25.2. The molecule has 1 aromatic carbocycles. The summed E-state index contributed by atoms with van der Waals surface area (Å²) in [6.45, 7) is -0.470. The number of esters is 2. The van der Waals surface area contributed by atoms with E-state index in [9.17, 15) is 48.7 Å². The molecule has 8 nitrogen and oxygen atoms in total. The summed E-state index contributed by atoms with van der Waals surface area (Å²) >= 11 is 0. The summed E-state index contributed by atoms with van der Waals surface area (Å²) in [5.41, 5.74) is 0.615. The van der Waals surface area contributed by atoms with Gasteiger partial charge in [0.2, 0.25) is 0 Å². The molecule has 1 fully saturated rings. The lowest BCUT2D eigenvalue weighted by molar-refractivity contribution is -0.356. The SMILES string of the molecule is Cc1ccc(OC(=O)C(OCCC(F)(F)C(F)(F)S(=O)(=O)O)(OC(=O)C2CCCCC2)C(F)(F)F)cc1. The number of hydrogen-bond donors (Lipinski definition) is 1. The van der Waals surface area contributed by atoms with Crippen LogP contribution in [0.25, 0.3) is 0 Å². The molecular weight excluding hydrogens is 545 g/mol. The summed E-state index contributed by atoms with van der Waals surface area (Å²) in [5, 5.41) is -6.11. The smallest absolute Gasteiger partial charge is 0.421 e. The van der Waals surface area contributed by atoms with Crippen molar-refractivity contribution in [1.82, 2.24) is 0 Å². The van der Waals surface area contributed by atoms with Crippen molar-refractivity contribution in [3.8, 4) is 5.75 Å². The average Bonchev–Trinajstić information content (AvgIpc) is 2.78. The van der Waals surface area contributed by atoms with Gasteiger partial charge in [0.05, 0.1) is 12.5 Å². The van der Waals surface area contributed by atoms with E-state index in [0.29, 0.717) is 24.8 Å². The molecule has 1 unspecified atom stereocenters. The number of hydrogen-bond acceptors (Lipinski definition) is 7. The number of halogens is 7. The van der Waals surface area contributed by atoms with Crippen LogP contribution in [0.5, 0.6) is 5.75 Å². The van der Waals surface area contributed by atoms with Gasteiger partial charge in [-0.05, 0) is 31.9 Å². The molecule has 0 radical (unpaired) electrons. The van der Waals surface area contributed by atoms with Gasteiger partial charge in [-0.25, -0.2) is 4.79 Å². The summed E-state index contributed by atoms with van der Waals surface area (Å²) in [6.07, 6.45) is -6.63. The molecule has 0 heterocycles. The molecule has 0 saturated heterocycles. The summed E-state index contributed by atoms with van der Waals surface area (Å²) < 4.78 is 140. The molecule has 1 N–H and O–H groups in total.